The molecule has 103 heavy (non-hydrogen) atoms. The summed E-state index contributed by atoms with van der Waals surface area (Å²) in [5.41, 5.74) is 17.4. The molecule has 0 aliphatic carbocycles. The van der Waals surface area contributed by atoms with Crippen molar-refractivity contribution in [2.24, 2.45) is 0 Å². The number of para-hydroxylation sites is 3. The molecule has 5 heterocycles. The zero-order valence-corrected chi connectivity index (χ0v) is 55.7. The maximum absolute atomic E-state index is 5.25. The Labute approximate surface area is 591 Å². The molecular formula is C97H58N6. The van der Waals surface area contributed by atoms with Gasteiger partial charge in [-0.3, -0.25) is 24.5 Å². The normalized spacial score (nSPS) is 11.9. The zero-order chi connectivity index (χ0) is 67.6. The van der Waals surface area contributed by atoms with Gasteiger partial charge in [0.05, 0.1) is 27.8 Å². The zero-order valence-electron chi connectivity index (χ0n) is 55.7. The number of nitrogens with zero attached hydrogens (tertiary/aromatic N) is 6. The number of hydrogen-bond acceptors (Lipinski definition) is 5. The minimum absolute atomic E-state index is 0.899. The number of rotatable bonds is 7. The van der Waals surface area contributed by atoms with Gasteiger partial charge in [-0.2, -0.15) is 0 Å². The molecule has 0 radical (unpaired) electrons. The molecule has 0 atom stereocenters. The first-order chi connectivity index (χ1) is 51.1. The van der Waals surface area contributed by atoms with Crippen molar-refractivity contribution in [2.45, 2.75) is 0 Å². The molecular weight excluding hydrogens is 1250 g/mol. The van der Waals surface area contributed by atoms with Crippen LogP contribution in [0.5, 0.6) is 0 Å². The van der Waals surface area contributed by atoms with Gasteiger partial charge in [-0.1, -0.05) is 237 Å². The molecule has 17 aromatic carbocycles. The summed E-state index contributed by atoms with van der Waals surface area (Å²) in [6.45, 7) is 0. The quantitative estimate of drug-likeness (QED) is 0.149. The maximum atomic E-state index is 5.25. The van der Waals surface area contributed by atoms with Crippen molar-refractivity contribution in [3.05, 3.63) is 353 Å². The highest BCUT2D eigenvalue weighted by Crippen LogP contribution is 2.47. The third-order valence-corrected chi connectivity index (χ3v) is 21.3. The lowest BCUT2D eigenvalue weighted by atomic mass is 9.86. The molecule has 0 saturated carbocycles. The second-order valence-corrected chi connectivity index (χ2v) is 27.0. The lowest BCUT2D eigenvalue weighted by Gasteiger charge is -2.18. The van der Waals surface area contributed by atoms with Gasteiger partial charge in [0.15, 0.2) is 0 Å². The van der Waals surface area contributed by atoms with Crippen molar-refractivity contribution in [1.29, 1.82) is 0 Å². The maximum Gasteiger partial charge on any atom is 0.145 e. The van der Waals surface area contributed by atoms with Crippen LogP contribution in [-0.2, 0) is 0 Å². The predicted octanol–water partition coefficient (Wildman–Crippen LogP) is 25.6. The average Bonchev–Trinajstić information content (AvgIpc) is 1.20. The van der Waals surface area contributed by atoms with Crippen LogP contribution in [0.4, 0.5) is 0 Å². The van der Waals surface area contributed by atoms with Crippen LogP contribution >= 0.6 is 0 Å². The Hall–Kier alpha value is -13.8. The lowest BCUT2D eigenvalue weighted by Crippen LogP contribution is -1.97. The number of benzene rings is 17. The van der Waals surface area contributed by atoms with Crippen LogP contribution in [-0.4, -0.2) is 29.5 Å². The van der Waals surface area contributed by atoms with Gasteiger partial charge in [-0.15, -0.1) is 0 Å². The summed E-state index contributed by atoms with van der Waals surface area (Å²) in [5.74, 6) is 0.921. The minimum atomic E-state index is 0.899. The SMILES string of the molecule is c1ccc(-n2c(-c3ccc(-c4cnc5c6ccccc6c6cc(-c7cc8ccc9cccc%10ccc(c7)c8c9%10)c7ccccc7c6c5c4)cc3)nc3ccccc32)cc1.c1ccc2cc(-c3cc4c5ccccc5c5ncc(-c6ccc(-c7ccncc7)cn6)cc5c4c4ccccc34)ccc2c1. The molecule has 0 aliphatic rings. The van der Waals surface area contributed by atoms with Gasteiger partial charge in [-0.25, -0.2) is 4.98 Å². The summed E-state index contributed by atoms with van der Waals surface area (Å²) in [4.78, 5) is 24.4. The van der Waals surface area contributed by atoms with Crippen LogP contribution < -0.4 is 0 Å². The van der Waals surface area contributed by atoms with Gasteiger partial charge in [0.1, 0.15) is 5.82 Å². The minimum Gasteiger partial charge on any atom is -0.292 e. The second-order valence-electron chi connectivity index (χ2n) is 27.0. The molecule has 0 spiro atoms. The van der Waals surface area contributed by atoms with E-state index >= 15 is 0 Å². The molecule has 476 valence electrons. The van der Waals surface area contributed by atoms with Crippen molar-refractivity contribution < 1.29 is 0 Å². The monoisotopic (exact) mass is 1310 g/mol. The first-order valence-corrected chi connectivity index (χ1v) is 35.1. The molecule has 22 aromatic rings. The standard InChI is InChI=1S/C56H33N3.C41H25N3/c1-2-13-42(14-3-1)59-51-20-9-8-19-50(51)58-56(59)37-25-21-34(22-26-37)41-31-49-54-45-17-6-4-15-43(45)47(32-48(54)44-16-5-7-18-46(44)55(49)57-33-41)40-29-38-27-23-35-11-10-12-36-24-28-39(30-40)53(38)52(35)36;1-2-8-28-21-29(14-13-26(28)7-1)36-23-37-33-10-4-6-12-35(33)41-38(40(37)34-11-5-3-9-32(34)36)22-31(25-44-41)39-16-15-30(24-43-39)27-17-19-42-20-18-27/h1-33H;1-25H. The van der Waals surface area contributed by atoms with Crippen LogP contribution in [0.25, 0.3) is 213 Å². The fourth-order valence-electron chi connectivity index (χ4n) is 16.5. The summed E-state index contributed by atoms with van der Waals surface area (Å²) >= 11 is 0. The summed E-state index contributed by atoms with van der Waals surface area (Å²) in [6.07, 6.45) is 9.54. The van der Waals surface area contributed by atoms with Crippen LogP contribution in [0, 0.1) is 0 Å². The molecule has 0 unspecified atom stereocenters. The van der Waals surface area contributed by atoms with Gasteiger partial charge in [0.2, 0.25) is 0 Å². The molecule has 0 aliphatic heterocycles. The summed E-state index contributed by atoms with van der Waals surface area (Å²) in [7, 11) is 0. The summed E-state index contributed by atoms with van der Waals surface area (Å²) < 4.78 is 2.25. The molecule has 0 amide bonds. The van der Waals surface area contributed by atoms with Crippen LogP contribution in [0.1, 0.15) is 0 Å². The molecule has 0 fully saturated rings. The van der Waals surface area contributed by atoms with E-state index < -0.39 is 0 Å². The summed E-state index contributed by atoms with van der Waals surface area (Å²) in [6, 6.07) is 116. The number of aromatic nitrogens is 6. The van der Waals surface area contributed by atoms with Gasteiger partial charge < -0.3 is 0 Å². The van der Waals surface area contributed by atoms with Crippen molar-refractivity contribution in [3.8, 4) is 72.8 Å². The fraction of sp³-hybridized carbons (Fsp3) is 0. The van der Waals surface area contributed by atoms with Crippen LogP contribution in [0.3, 0.4) is 0 Å². The summed E-state index contributed by atoms with van der Waals surface area (Å²) in [5, 5.41) is 27.2. The van der Waals surface area contributed by atoms with E-state index in [9.17, 15) is 0 Å². The Morgan fingerprint density at radius 3 is 1.35 bits per heavy atom. The molecule has 0 bridgehead atoms. The Kier molecular flexibility index (Phi) is 13.2. The molecule has 0 saturated heterocycles. The molecule has 0 N–H and O–H groups in total. The Bertz CT molecular complexity index is 7150. The molecule has 5 aromatic heterocycles. The topological polar surface area (TPSA) is 69.4 Å². The van der Waals surface area contributed by atoms with Crippen LogP contribution in [0.2, 0.25) is 0 Å². The Morgan fingerprint density at radius 1 is 0.233 bits per heavy atom. The van der Waals surface area contributed by atoms with Gasteiger partial charge in [-0.05, 0) is 215 Å². The van der Waals surface area contributed by atoms with Crippen molar-refractivity contribution in [1.82, 2.24) is 29.5 Å². The molecule has 6 heteroatoms. The number of pyridine rings is 4. The molecule has 6 nitrogen and oxygen atoms in total. The Morgan fingerprint density at radius 2 is 0.699 bits per heavy atom. The fourth-order valence-corrected chi connectivity index (χ4v) is 16.5. The van der Waals surface area contributed by atoms with Crippen molar-refractivity contribution in [2.75, 3.05) is 0 Å². The predicted molar refractivity (Wildman–Crippen MR) is 433 cm³/mol. The number of hydrogen-bond donors (Lipinski definition) is 0. The van der Waals surface area contributed by atoms with E-state index in [2.05, 4.69) is 313 Å². The van der Waals surface area contributed by atoms with E-state index in [0.29, 0.717) is 0 Å². The van der Waals surface area contributed by atoms with Crippen molar-refractivity contribution >= 4 is 141 Å². The number of fused-ring (bicyclic) bond motifs is 18. The van der Waals surface area contributed by atoms with E-state index in [1.165, 1.54) is 119 Å². The van der Waals surface area contributed by atoms with E-state index in [1.54, 1.807) is 0 Å². The van der Waals surface area contributed by atoms with E-state index in [1.807, 2.05) is 49.2 Å². The van der Waals surface area contributed by atoms with E-state index in [4.69, 9.17) is 19.9 Å². The van der Waals surface area contributed by atoms with Gasteiger partial charge in [0.25, 0.3) is 0 Å². The van der Waals surface area contributed by atoms with Gasteiger partial charge in [0, 0.05) is 80.5 Å². The Balaban J connectivity index is 0.000000139. The first-order valence-electron chi connectivity index (χ1n) is 35.1. The first kappa shape index (κ1) is 58.2. The van der Waals surface area contributed by atoms with E-state index in [0.717, 1.165) is 94.2 Å². The lowest BCUT2D eigenvalue weighted by molar-refractivity contribution is 1.10. The highest BCUT2D eigenvalue weighted by atomic mass is 15.1. The second kappa shape index (κ2) is 23.4. The largest absolute Gasteiger partial charge is 0.292 e. The third kappa shape index (κ3) is 9.46. The highest BCUT2D eigenvalue weighted by Gasteiger charge is 2.22. The smallest absolute Gasteiger partial charge is 0.145 e. The van der Waals surface area contributed by atoms with Crippen LogP contribution in [0.15, 0.2) is 353 Å². The number of imidazole rings is 1. The highest BCUT2D eigenvalue weighted by molar-refractivity contribution is 6.35. The average molecular weight is 1310 g/mol. The molecule has 22 rings (SSSR count). The van der Waals surface area contributed by atoms with E-state index in [-0.39, 0.29) is 0 Å². The van der Waals surface area contributed by atoms with Crippen molar-refractivity contribution in [3.63, 3.8) is 0 Å². The third-order valence-electron chi connectivity index (χ3n) is 21.3. The van der Waals surface area contributed by atoms with Gasteiger partial charge >= 0.3 is 0 Å².